The summed E-state index contributed by atoms with van der Waals surface area (Å²) in [5.41, 5.74) is 5.93. The van der Waals surface area contributed by atoms with Crippen LogP contribution in [0.2, 0.25) is 0 Å². The van der Waals surface area contributed by atoms with E-state index in [1.54, 1.807) is 0 Å². The van der Waals surface area contributed by atoms with Gasteiger partial charge in [-0.3, -0.25) is 9.78 Å². The maximum atomic E-state index is 14.2. The van der Waals surface area contributed by atoms with Gasteiger partial charge in [0.15, 0.2) is 5.82 Å². The molecule has 0 saturated carbocycles. The van der Waals surface area contributed by atoms with Gasteiger partial charge in [0.2, 0.25) is 0 Å². The van der Waals surface area contributed by atoms with Crippen molar-refractivity contribution in [3.05, 3.63) is 65.2 Å². The lowest BCUT2D eigenvalue weighted by Crippen LogP contribution is -2.17. The zero-order valence-electron chi connectivity index (χ0n) is 10.0. The summed E-state index contributed by atoms with van der Waals surface area (Å²) in [4.78, 5) is 15.1. The first-order valence-corrected chi connectivity index (χ1v) is 6.23. The predicted molar refractivity (Wildman–Crippen MR) is 71.7 cm³/mol. The lowest BCUT2D eigenvalue weighted by molar-refractivity contribution is 0.0996. The highest BCUT2D eigenvalue weighted by Gasteiger charge is 2.22. The highest BCUT2D eigenvalue weighted by atomic mass is 35.5. The van der Waals surface area contributed by atoms with Crippen LogP contribution in [-0.2, 0) is 0 Å². The second-order valence-corrected chi connectivity index (χ2v) is 4.35. The molecule has 0 radical (unpaired) electrons. The first kappa shape index (κ1) is 13.5. The number of carbonyl (C=O) groups is 1. The van der Waals surface area contributed by atoms with Gasteiger partial charge in [-0.1, -0.05) is 30.3 Å². The Hall–Kier alpha value is -1.94. The van der Waals surface area contributed by atoms with Crippen LogP contribution in [0.25, 0.3) is 0 Å². The Morgan fingerprint density at radius 3 is 2.58 bits per heavy atom. The Labute approximate surface area is 115 Å². The van der Waals surface area contributed by atoms with Crippen molar-refractivity contribution in [2.75, 3.05) is 5.88 Å². The Balaban J connectivity index is 2.51. The minimum Gasteiger partial charge on any atom is -0.366 e. The van der Waals surface area contributed by atoms with Crippen LogP contribution < -0.4 is 5.73 Å². The molecule has 1 amide bonds. The van der Waals surface area contributed by atoms with Gasteiger partial charge >= 0.3 is 0 Å². The van der Waals surface area contributed by atoms with Gasteiger partial charge in [-0.15, -0.1) is 11.6 Å². The maximum absolute atomic E-state index is 14.2. The number of alkyl halides is 1. The fraction of sp³-hybridized carbons (Fsp3) is 0.143. The molecule has 0 fully saturated rings. The predicted octanol–water partition coefficient (Wildman–Crippen LogP) is 2.69. The smallest absolute Gasteiger partial charge is 0.251 e. The molecule has 2 N–H and O–H groups in total. The third-order valence-corrected chi connectivity index (χ3v) is 3.18. The molecule has 98 valence electrons. The van der Waals surface area contributed by atoms with Gasteiger partial charge in [0.05, 0.1) is 11.3 Å². The van der Waals surface area contributed by atoms with E-state index in [0.717, 1.165) is 5.56 Å². The summed E-state index contributed by atoms with van der Waals surface area (Å²) < 4.78 is 14.2. The molecule has 1 heterocycles. The Bertz CT molecular complexity index is 589. The summed E-state index contributed by atoms with van der Waals surface area (Å²) in [6, 6.07) is 10.5. The number of pyridine rings is 1. The van der Waals surface area contributed by atoms with Crippen LogP contribution in [0, 0.1) is 5.82 Å². The Kier molecular flexibility index (Phi) is 4.12. The normalized spacial score (nSPS) is 12.1. The van der Waals surface area contributed by atoms with E-state index in [2.05, 4.69) is 4.98 Å². The zero-order chi connectivity index (χ0) is 13.8. The van der Waals surface area contributed by atoms with Gasteiger partial charge in [-0.05, 0) is 11.6 Å². The number of hydrogen-bond acceptors (Lipinski definition) is 2. The van der Waals surface area contributed by atoms with E-state index < -0.39 is 17.6 Å². The average molecular weight is 279 g/mol. The number of amides is 1. The summed E-state index contributed by atoms with van der Waals surface area (Å²) in [6.45, 7) is 0. The highest BCUT2D eigenvalue weighted by Crippen LogP contribution is 2.27. The highest BCUT2D eigenvalue weighted by molar-refractivity contribution is 6.18. The molecule has 1 aromatic carbocycles. The van der Waals surface area contributed by atoms with Crippen molar-refractivity contribution < 1.29 is 9.18 Å². The molecule has 1 unspecified atom stereocenters. The van der Waals surface area contributed by atoms with Crippen molar-refractivity contribution in [1.82, 2.24) is 4.98 Å². The molecule has 1 atom stereocenters. The summed E-state index contributed by atoms with van der Waals surface area (Å²) in [5.74, 6) is -1.77. The number of nitrogens with two attached hydrogens (primary N) is 1. The van der Waals surface area contributed by atoms with Crippen molar-refractivity contribution in [2.45, 2.75) is 5.92 Å². The Morgan fingerprint density at radius 1 is 1.32 bits per heavy atom. The molecule has 0 aliphatic heterocycles. The van der Waals surface area contributed by atoms with E-state index in [1.165, 1.54) is 12.3 Å². The van der Waals surface area contributed by atoms with Crippen molar-refractivity contribution in [1.29, 1.82) is 0 Å². The van der Waals surface area contributed by atoms with Crippen molar-refractivity contribution >= 4 is 17.5 Å². The standard InChI is InChI=1S/C14H12ClFN2O/c15-8-11(9-4-2-1-3-5-9)13-12(16)10(14(17)19)6-7-18-13/h1-7,11H,8H2,(H2,17,19). The van der Waals surface area contributed by atoms with E-state index in [1.807, 2.05) is 30.3 Å². The van der Waals surface area contributed by atoms with Crippen LogP contribution in [0.4, 0.5) is 4.39 Å². The number of aromatic nitrogens is 1. The number of nitrogens with zero attached hydrogens (tertiary/aromatic N) is 1. The van der Waals surface area contributed by atoms with E-state index in [9.17, 15) is 9.18 Å². The fourth-order valence-electron chi connectivity index (χ4n) is 1.90. The van der Waals surface area contributed by atoms with Gasteiger partial charge in [0, 0.05) is 18.0 Å². The number of hydrogen-bond donors (Lipinski definition) is 1. The molecule has 5 heteroatoms. The van der Waals surface area contributed by atoms with Gasteiger partial charge < -0.3 is 5.73 Å². The first-order valence-electron chi connectivity index (χ1n) is 5.70. The monoisotopic (exact) mass is 278 g/mol. The second kappa shape index (κ2) is 5.80. The van der Waals surface area contributed by atoms with Crippen molar-refractivity contribution in [3.63, 3.8) is 0 Å². The number of rotatable bonds is 4. The van der Waals surface area contributed by atoms with Crippen LogP contribution in [0.1, 0.15) is 27.5 Å². The Morgan fingerprint density at radius 2 is 2.00 bits per heavy atom. The van der Waals surface area contributed by atoms with E-state index in [4.69, 9.17) is 17.3 Å². The molecule has 3 nitrogen and oxygen atoms in total. The number of primary amides is 1. The molecule has 1 aromatic heterocycles. The summed E-state index contributed by atoms with van der Waals surface area (Å²) in [7, 11) is 0. The van der Waals surface area contributed by atoms with Crippen LogP contribution in [-0.4, -0.2) is 16.8 Å². The van der Waals surface area contributed by atoms with Crippen molar-refractivity contribution in [2.24, 2.45) is 5.73 Å². The average Bonchev–Trinajstić information content (AvgIpc) is 2.42. The molecule has 0 aliphatic rings. The largest absolute Gasteiger partial charge is 0.366 e. The molecular weight excluding hydrogens is 267 g/mol. The number of carbonyl (C=O) groups excluding carboxylic acids is 1. The fourth-order valence-corrected chi connectivity index (χ4v) is 2.22. The SMILES string of the molecule is NC(=O)c1ccnc(C(CCl)c2ccccc2)c1F. The third-order valence-electron chi connectivity index (χ3n) is 2.87. The van der Waals surface area contributed by atoms with Crippen molar-refractivity contribution in [3.8, 4) is 0 Å². The molecule has 0 spiro atoms. The lowest BCUT2D eigenvalue weighted by Gasteiger charge is -2.15. The summed E-state index contributed by atoms with van der Waals surface area (Å²) in [5, 5.41) is 0. The van der Waals surface area contributed by atoms with Gasteiger partial charge in [0.1, 0.15) is 0 Å². The summed E-state index contributed by atoms with van der Waals surface area (Å²) >= 11 is 5.92. The van der Waals surface area contributed by atoms with Gasteiger partial charge in [0.25, 0.3) is 5.91 Å². The van der Waals surface area contributed by atoms with Gasteiger partial charge in [-0.25, -0.2) is 4.39 Å². The van der Waals surface area contributed by atoms with E-state index in [0.29, 0.717) is 0 Å². The minimum absolute atomic E-state index is 0.137. The van der Waals surface area contributed by atoms with E-state index >= 15 is 0 Å². The molecule has 0 aliphatic carbocycles. The molecular formula is C14H12ClFN2O. The van der Waals surface area contributed by atoms with E-state index in [-0.39, 0.29) is 17.1 Å². The van der Waals surface area contributed by atoms with Crippen LogP contribution in [0.3, 0.4) is 0 Å². The third kappa shape index (κ3) is 2.74. The molecule has 0 saturated heterocycles. The lowest BCUT2D eigenvalue weighted by atomic mass is 9.95. The molecule has 2 aromatic rings. The first-order chi connectivity index (χ1) is 9.15. The second-order valence-electron chi connectivity index (χ2n) is 4.04. The minimum atomic E-state index is -0.817. The molecule has 2 rings (SSSR count). The van der Waals surface area contributed by atoms with Crippen LogP contribution >= 0.6 is 11.6 Å². The van der Waals surface area contributed by atoms with Gasteiger partial charge in [-0.2, -0.15) is 0 Å². The van der Waals surface area contributed by atoms with Crippen LogP contribution in [0.5, 0.6) is 0 Å². The quantitative estimate of drug-likeness (QED) is 0.874. The molecule has 0 bridgehead atoms. The summed E-state index contributed by atoms with van der Waals surface area (Å²) in [6.07, 6.45) is 1.36. The topological polar surface area (TPSA) is 56.0 Å². The zero-order valence-corrected chi connectivity index (χ0v) is 10.8. The maximum Gasteiger partial charge on any atom is 0.251 e. The number of benzene rings is 1. The molecule has 19 heavy (non-hydrogen) atoms. The number of halogens is 2. The van der Waals surface area contributed by atoms with Crippen LogP contribution in [0.15, 0.2) is 42.6 Å².